The van der Waals surface area contributed by atoms with E-state index < -0.39 is 29.9 Å². The summed E-state index contributed by atoms with van der Waals surface area (Å²) in [5.74, 6) is 0.106. The molecule has 2 heterocycles. The van der Waals surface area contributed by atoms with Crippen molar-refractivity contribution in [2.24, 2.45) is 10.7 Å². The molecule has 4 rings (SSSR count). The average Bonchev–Trinajstić information content (AvgIpc) is 3.41. The zero-order valence-electron chi connectivity index (χ0n) is 25.1. The number of nitrogens with one attached hydrogen (secondary N) is 1. The van der Waals surface area contributed by atoms with Gasteiger partial charge >= 0.3 is 12.2 Å². The molecule has 2 amide bonds. The van der Waals surface area contributed by atoms with Crippen molar-refractivity contribution >= 4 is 26.4 Å². The number of likely N-dealkylation sites (tertiary alicyclic amines) is 1. The van der Waals surface area contributed by atoms with Crippen molar-refractivity contribution in [3.63, 3.8) is 0 Å². The number of amides is 2. The van der Waals surface area contributed by atoms with E-state index in [-0.39, 0.29) is 36.0 Å². The summed E-state index contributed by atoms with van der Waals surface area (Å²) < 4.78 is 46.6. The molecule has 12 heteroatoms. The molecule has 8 nitrogen and oxygen atoms in total. The predicted octanol–water partition coefficient (Wildman–Crippen LogP) is 4.75. The van der Waals surface area contributed by atoms with Crippen molar-refractivity contribution in [3.05, 3.63) is 83.5 Å². The van der Waals surface area contributed by atoms with Gasteiger partial charge in [-0.1, -0.05) is 42.0 Å². The Kier molecular flexibility index (Phi) is 11.2. The molecule has 2 aromatic carbocycles. The standard InChI is InChI=1S/C32H41F3N5O3P/c1-4-24(41)7-5-6-20(2)29-28(21-8-11-25(44)12-9-21)38-30(40(29)31(42)39-16-14-23(37-3)15-17-39)26-13-10-22(32(33,34)35)18-27(26)43-19-36/h4,6,8-13,18,23-24,28-29,37,41H,1,5,7,14-17,19,36,44H2,2-3H3/b20-6+. The lowest BCUT2D eigenvalue weighted by atomic mass is 9.93. The van der Waals surface area contributed by atoms with Gasteiger partial charge in [-0.05, 0) is 68.7 Å². The van der Waals surface area contributed by atoms with E-state index in [4.69, 9.17) is 15.5 Å². The number of carbonyl (C=O) groups is 1. The Morgan fingerprint density at radius 2 is 1.93 bits per heavy atom. The van der Waals surface area contributed by atoms with E-state index >= 15 is 0 Å². The van der Waals surface area contributed by atoms with Gasteiger partial charge < -0.3 is 20.1 Å². The molecule has 0 aromatic heterocycles. The lowest BCUT2D eigenvalue weighted by Crippen LogP contribution is -2.53. The number of ether oxygens (including phenoxy) is 1. The van der Waals surface area contributed by atoms with Gasteiger partial charge in [0.1, 0.15) is 24.4 Å². The molecule has 0 aliphatic carbocycles. The Bertz CT molecular complexity index is 1370. The van der Waals surface area contributed by atoms with Gasteiger partial charge in [0.2, 0.25) is 0 Å². The maximum absolute atomic E-state index is 14.5. The lowest BCUT2D eigenvalue weighted by molar-refractivity contribution is -0.137. The Labute approximate surface area is 259 Å². The molecule has 4 atom stereocenters. The number of alkyl halides is 3. The highest BCUT2D eigenvalue weighted by atomic mass is 31.0. The number of benzene rings is 2. The summed E-state index contributed by atoms with van der Waals surface area (Å²) in [6.07, 6.45) is 0.688. The molecule has 2 aliphatic heterocycles. The highest BCUT2D eigenvalue weighted by Gasteiger charge is 2.45. The number of nitrogens with two attached hydrogens (primary N) is 1. The van der Waals surface area contributed by atoms with Crippen LogP contribution < -0.4 is 21.1 Å². The van der Waals surface area contributed by atoms with E-state index in [1.165, 1.54) is 12.1 Å². The van der Waals surface area contributed by atoms with Crippen molar-refractivity contribution in [2.75, 3.05) is 26.9 Å². The summed E-state index contributed by atoms with van der Waals surface area (Å²) >= 11 is 0. The van der Waals surface area contributed by atoms with Crippen molar-refractivity contribution < 1.29 is 27.8 Å². The first-order valence-corrected chi connectivity index (χ1v) is 15.3. The van der Waals surface area contributed by atoms with Crippen molar-refractivity contribution in [3.8, 4) is 5.75 Å². The van der Waals surface area contributed by atoms with Gasteiger partial charge in [-0.15, -0.1) is 15.8 Å². The summed E-state index contributed by atoms with van der Waals surface area (Å²) in [5.41, 5.74) is 6.68. The van der Waals surface area contributed by atoms with Gasteiger partial charge in [-0.3, -0.25) is 15.6 Å². The van der Waals surface area contributed by atoms with Crippen LogP contribution in [0.5, 0.6) is 5.75 Å². The number of nitrogens with zero attached hydrogens (tertiary/aromatic N) is 3. The largest absolute Gasteiger partial charge is 0.478 e. The molecule has 1 saturated heterocycles. The molecule has 1 fully saturated rings. The van der Waals surface area contributed by atoms with E-state index in [1.807, 2.05) is 44.3 Å². The third-order valence-corrected chi connectivity index (χ3v) is 8.57. The second-order valence-electron chi connectivity index (χ2n) is 11.1. The van der Waals surface area contributed by atoms with Gasteiger partial charge in [0, 0.05) is 19.1 Å². The molecule has 4 unspecified atom stereocenters. The Morgan fingerprint density at radius 1 is 1.25 bits per heavy atom. The molecule has 2 aliphatic rings. The molecule has 0 saturated carbocycles. The fraction of sp³-hybridized carbons (Fsp3) is 0.438. The van der Waals surface area contributed by atoms with Crippen LogP contribution in [-0.2, 0) is 6.18 Å². The van der Waals surface area contributed by atoms with Crippen molar-refractivity contribution in [2.45, 2.75) is 63.0 Å². The van der Waals surface area contributed by atoms with Crippen LogP contribution in [0.4, 0.5) is 18.0 Å². The van der Waals surface area contributed by atoms with E-state index in [1.54, 1.807) is 9.80 Å². The summed E-state index contributed by atoms with van der Waals surface area (Å²) in [5, 5.41) is 14.3. The average molecular weight is 632 g/mol. The normalized spacial score (nSPS) is 20.5. The number of amidine groups is 1. The minimum absolute atomic E-state index is 0.108. The number of urea groups is 1. The van der Waals surface area contributed by atoms with Crippen LogP contribution >= 0.6 is 9.24 Å². The molecule has 0 radical (unpaired) electrons. The maximum atomic E-state index is 14.5. The van der Waals surface area contributed by atoms with Crippen LogP contribution in [-0.4, -0.2) is 71.8 Å². The van der Waals surface area contributed by atoms with E-state index in [2.05, 4.69) is 21.1 Å². The number of aliphatic hydroxyl groups excluding tert-OH is 1. The second-order valence-corrected chi connectivity index (χ2v) is 11.7. The topological polar surface area (TPSA) is 103 Å². The first-order valence-electron chi connectivity index (χ1n) is 14.7. The van der Waals surface area contributed by atoms with Crippen LogP contribution in [0.15, 0.2) is 71.8 Å². The minimum Gasteiger partial charge on any atom is -0.478 e. The number of rotatable bonds is 10. The fourth-order valence-corrected chi connectivity index (χ4v) is 5.87. The van der Waals surface area contributed by atoms with Gasteiger partial charge in [0.05, 0.1) is 23.3 Å². The van der Waals surface area contributed by atoms with Crippen molar-refractivity contribution in [1.82, 2.24) is 15.1 Å². The predicted molar refractivity (Wildman–Crippen MR) is 170 cm³/mol. The van der Waals surface area contributed by atoms with E-state index in [9.17, 15) is 23.1 Å². The first kappa shape index (κ1) is 33.6. The third-order valence-electron chi connectivity index (χ3n) is 8.18. The van der Waals surface area contributed by atoms with Crippen LogP contribution in [0.25, 0.3) is 0 Å². The van der Waals surface area contributed by atoms with Crippen LogP contribution in [0.3, 0.4) is 0 Å². The molecule has 0 spiro atoms. The van der Waals surface area contributed by atoms with Crippen LogP contribution in [0.1, 0.15) is 55.3 Å². The number of hydrogen-bond acceptors (Lipinski definition) is 6. The van der Waals surface area contributed by atoms with Crippen LogP contribution in [0.2, 0.25) is 0 Å². The first-order chi connectivity index (χ1) is 21.0. The monoisotopic (exact) mass is 631 g/mol. The second kappa shape index (κ2) is 14.7. The number of hydrogen-bond donors (Lipinski definition) is 3. The number of aliphatic hydroxyl groups is 1. The molecule has 4 N–H and O–H groups in total. The minimum atomic E-state index is -4.60. The van der Waals surface area contributed by atoms with Crippen molar-refractivity contribution in [1.29, 1.82) is 0 Å². The molecule has 238 valence electrons. The number of allylic oxidation sites excluding steroid dienone is 1. The number of aliphatic imine (C=N–C) groups is 1. The summed E-state index contributed by atoms with van der Waals surface area (Å²) in [6.45, 7) is 6.22. The molecular weight excluding hydrogens is 590 g/mol. The Balaban J connectivity index is 1.87. The van der Waals surface area contributed by atoms with E-state index in [0.717, 1.165) is 41.4 Å². The zero-order valence-corrected chi connectivity index (χ0v) is 26.2. The lowest BCUT2D eigenvalue weighted by Gasteiger charge is -2.38. The molecule has 2 aromatic rings. The number of piperidine rings is 1. The number of carbonyl (C=O) groups excluding carboxylic acids is 1. The van der Waals surface area contributed by atoms with Gasteiger partial charge in [0.25, 0.3) is 0 Å². The van der Waals surface area contributed by atoms with E-state index in [0.29, 0.717) is 25.9 Å². The Morgan fingerprint density at radius 3 is 2.52 bits per heavy atom. The third kappa shape index (κ3) is 7.69. The highest BCUT2D eigenvalue weighted by molar-refractivity contribution is 7.27. The molecule has 44 heavy (non-hydrogen) atoms. The quantitative estimate of drug-likeness (QED) is 0.200. The highest BCUT2D eigenvalue weighted by Crippen LogP contribution is 2.41. The van der Waals surface area contributed by atoms with Crippen LogP contribution in [0, 0.1) is 0 Å². The smallest absolute Gasteiger partial charge is 0.416 e. The van der Waals surface area contributed by atoms with Gasteiger partial charge in [0.15, 0.2) is 0 Å². The summed E-state index contributed by atoms with van der Waals surface area (Å²) in [4.78, 5) is 22.9. The maximum Gasteiger partial charge on any atom is 0.416 e. The SMILES string of the molecule is C=CC(O)CC/C=C(\C)C1C(c2ccc(P)cc2)N=C(c2ccc(C(F)(F)F)cc2OCN)N1C(=O)N1CCC(NC)CC1. The molecular formula is C32H41F3N5O3P. The number of halogens is 3. The zero-order chi connectivity index (χ0) is 32.0. The fourth-order valence-electron chi connectivity index (χ4n) is 5.67. The molecule has 0 bridgehead atoms. The summed E-state index contributed by atoms with van der Waals surface area (Å²) in [7, 11) is 4.54. The summed E-state index contributed by atoms with van der Waals surface area (Å²) in [6, 6.07) is 9.77. The van der Waals surface area contributed by atoms with Gasteiger partial charge in [-0.2, -0.15) is 13.2 Å². The van der Waals surface area contributed by atoms with Gasteiger partial charge in [-0.25, -0.2) is 4.79 Å². The Hall–Kier alpha value is -3.24.